The van der Waals surface area contributed by atoms with Crippen molar-refractivity contribution in [2.24, 2.45) is 5.92 Å². The van der Waals surface area contributed by atoms with E-state index in [-0.39, 0.29) is 31.2 Å². The SMILES string of the molecule is CCCON(CCC)C(=O)CN1CC(c2ccc3c(c2)OCO3)C(C(=O)O)C1CCCc1ccccc1OC. The van der Waals surface area contributed by atoms with Crippen LogP contribution in [-0.4, -0.2) is 73.1 Å². The summed E-state index contributed by atoms with van der Waals surface area (Å²) in [5.74, 6) is 0.142. The number of nitrogens with zero attached hydrogens (tertiary/aromatic N) is 2. The van der Waals surface area contributed by atoms with Gasteiger partial charge in [0.25, 0.3) is 5.91 Å². The average Bonchev–Trinajstić information content (AvgIpc) is 3.55. The van der Waals surface area contributed by atoms with Crippen molar-refractivity contribution in [2.45, 2.75) is 57.9 Å². The molecule has 0 saturated carbocycles. The van der Waals surface area contributed by atoms with Crippen molar-refractivity contribution in [3.8, 4) is 17.2 Å². The van der Waals surface area contributed by atoms with E-state index in [0.717, 1.165) is 42.6 Å². The minimum atomic E-state index is -0.859. The van der Waals surface area contributed by atoms with Crippen molar-refractivity contribution in [3.63, 3.8) is 0 Å². The molecule has 3 atom stereocenters. The number of ether oxygens (including phenoxy) is 3. The van der Waals surface area contributed by atoms with Crippen LogP contribution in [0.25, 0.3) is 0 Å². The first-order valence-corrected chi connectivity index (χ1v) is 13.9. The van der Waals surface area contributed by atoms with Crippen LogP contribution in [0.3, 0.4) is 0 Å². The second-order valence-corrected chi connectivity index (χ2v) is 10.1. The smallest absolute Gasteiger partial charge is 0.308 e. The zero-order chi connectivity index (χ0) is 27.8. The van der Waals surface area contributed by atoms with Crippen molar-refractivity contribution in [3.05, 3.63) is 53.6 Å². The number of para-hydroxylation sites is 1. The monoisotopic (exact) mass is 540 g/mol. The number of aryl methyl sites for hydroxylation is 1. The van der Waals surface area contributed by atoms with E-state index in [1.165, 1.54) is 5.06 Å². The van der Waals surface area contributed by atoms with Crippen LogP contribution in [0, 0.1) is 5.92 Å². The van der Waals surface area contributed by atoms with Crippen LogP contribution < -0.4 is 14.2 Å². The third-order valence-corrected chi connectivity index (χ3v) is 7.49. The fraction of sp³-hybridized carbons (Fsp3) is 0.533. The van der Waals surface area contributed by atoms with Gasteiger partial charge in [-0.25, -0.2) is 5.06 Å². The number of carboxylic acid groups (broad SMARTS) is 1. The molecule has 1 fully saturated rings. The predicted octanol–water partition coefficient (Wildman–Crippen LogP) is 4.50. The molecule has 9 nitrogen and oxygen atoms in total. The van der Waals surface area contributed by atoms with Crippen molar-refractivity contribution in [1.29, 1.82) is 0 Å². The summed E-state index contributed by atoms with van der Waals surface area (Å²) in [6.45, 7) is 5.68. The molecule has 2 aromatic rings. The first-order chi connectivity index (χ1) is 19.0. The number of amides is 1. The van der Waals surface area contributed by atoms with Gasteiger partial charge in [-0.3, -0.25) is 19.3 Å². The molecule has 212 valence electrons. The molecule has 4 rings (SSSR count). The van der Waals surface area contributed by atoms with E-state index < -0.39 is 11.9 Å². The van der Waals surface area contributed by atoms with Gasteiger partial charge in [0.05, 0.1) is 26.2 Å². The molecular weight excluding hydrogens is 500 g/mol. The van der Waals surface area contributed by atoms with E-state index in [9.17, 15) is 14.7 Å². The Morgan fingerprint density at radius 2 is 1.90 bits per heavy atom. The minimum absolute atomic E-state index is 0.105. The second-order valence-electron chi connectivity index (χ2n) is 10.1. The maximum atomic E-state index is 13.4. The molecule has 1 N–H and O–H groups in total. The highest BCUT2D eigenvalue weighted by atomic mass is 16.7. The molecule has 0 bridgehead atoms. The molecule has 1 saturated heterocycles. The fourth-order valence-electron chi connectivity index (χ4n) is 5.66. The van der Waals surface area contributed by atoms with Gasteiger partial charge in [-0.2, -0.15) is 0 Å². The first-order valence-electron chi connectivity index (χ1n) is 13.9. The van der Waals surface area contributed by atoms with Crippen LogP contribution in [0.4, 0.5) is 0 Å². The molecule has 2 aliphatic heterocycles. The summed E-state index contributed by atoms with van der Waals surface area (Å²) in [6.07, 6.45) is 3.72. The zero-order valence-corrected chi connectivity index (χ0v) is 23.1. The van der Waals surface area contributed by atoms with Gasteiger partial charge in [0, 0.05) is 25.0 Å². The molecule has 3 unspecified atom stereocenters. The number of benzene rings is 2. The molecule has 1 amide bonds. The van der Waals surface area contributed by atoms with E-state index in [0.29, 0.717) is 37.6 Å². The second kappa shape index (κ2) is 13.7. The third-order valence-electron chi connectivity index (χ3n) is 7.49. The van der Waals surface area contributed by atoms with E-state index >= 15 is 0 Å². The molecule has 0 spiro atoms. The van der Waals surface area contributed by atoms with E-state index in [4.69, 9.17) is 19.0 Å². The lowest BCUT2D eigenvalue weighted by Crippen LogP contribution is -2.44. The van der Waals surface area contributed by atoms with Crippen molar-refractivity contribution in [1.82, 2.24) is 9.96 Å². The van der Waals surface area contributed by atoms with Crippen LogP contribution in [0.15, 0.2) is 42.5 Å². The lowest BCUT2D eigenvalue weighted by atomic mass is 9.83. The summed E-state index contributed by atoms with van der Waals surface area (Å²) in [7, 11) is 1.66. The average molecular weight is 541 g/mol. The Bertz CT molecular complexity index is 1120. The summed E-state index contributed by atoms with van der Waals surface area (Å²) in [6, 6.07) is 13.2. The lowest BCUT2D eigenvalue weighted by molar-refractivity contribution is -0.188. The van der Waals surface area contributed by atoms with Gasteiger partial charge in [0.15, 0.2) is 11.5 Å². The van der Waals surface area contributed by atoms with Crippen LogP contribution in [0.2, 0.25) is 0 Å². The number of fused-ring (bicyclic) bond motifs is 1. The van der Waals surface area contributed by atoms with Crippen LogP contribution in [0.5, 0.6) is 17.2 Å². The molecule has 39 heavy (non-hydrogen) atoms. The largest absolute Gasteiger partial charge is 0.496 e. The van der Waals surface area contributed by atoms with Gasteiger partial charge in [0.2, 0.25) is 6.79 Å². The predicted molar refractivity (Wildman–Crippen MR) is 146 cm³/mol. The zero-order valence-electron chi connectivity index (χ0n) is 23.1. The summed E-state index contributed by atoms with van der Waals surface area (Å²) < 4.78 is 16.5. The third kappa shape index (κ3) is 6.83. The number of likely N-dealkylation sites (tertiary alicyclic amines) is 1. The lowest BCUT2D eigenvalue weighted by Gasteiger charge is -2.29. The maximum Gasteiger partial charge on any atom is 0.308 e. The topological polar surface area (TPSA) is 97.8 Å². The molecule has 2 aliphatic rings. The Morgan fingerprint density at radius 3 is 2.64 bits per heavy atom. The standard InChI is InChI=1S/C30H40N2O7/c1-4-15-32(39-16-5-2)28(33)19-31-18-23(22-13-14-26-27(17-22)38-20-37-26)29(30(34)35)24(31)11-8-10-21-9-6-7-12-25(21)36-3/h6-7,9,12-14,17,23-24,29H,4-5,8,10-11,15-16,18-20H2,1-3H3,(H,34,35). The van der Waals surface area contributed by atoms with E-state index in [1.807, 2.05) is 61.2 Å². The maximum absolute atomic E-state index is 13.4. The highest BCUT2D eigenvalue weighted by Gasteiger charge is 2.47. The van der Waals surface area contributed by atoms with Crippen LogP contribution in [0.1, 0.15) is 56.6 Å². The number of hydroxylamine groups is 2. The van der Waals surface area contributed by atoms with Crippen molar-refractivity contribution < 1.29 is 33.7 Å². The quantitative estimate of drug-likeness (QED) is 0.350. The number of hydrogen-bond donors (Lipinski definition) is 1. The fourth-order valence-corrected chi connectivity index (χ4v) is 5.66. The summed E-state index contributed by atoms with van der Waals surface area (Å²) in [4.78, 5) is 33.9. The van der Waals surface area contributed by atoms with Gasteiger partial charge in [-0.15, -0.1) is 0 Å². The van der Waals surface area contributed by atoms with Gasteiger partial charge < -0.3 is 19.3 Å². The highest BCUT2D eigenvalue weighted by Crippen LogP contribution is 2.43. The van der Waals surface area contributed by atoms with Gasteiger partial charge in [0.1, 0.15) is 5.75 Å². The van der Waals surface area contributed by atoms with Crippen LogP contribution in [-0.2, 0) is 20.8 Å². The summed E-state index contributed by atoms with van der Waals surface area (Å²) in [5.41, 5.74) is 1.96. The highest BCUT2D eigenvalue weighted by molar-refractivity contribution is 5.78. The Balaban J connectivity index is 1.57. The number of carbonyl (C=O) groups excluding carboxylic acids is 1. The van der Waals surface area contributed by atoms with Gasteiger partial charge in [-0.1, -0.05) is 38.1 Å². The first kappa shape index (κ1) is 28.7. The molecule has 0 aliphatic carbocycles. The number of methoxy groups -OCH3 is 1. The van der Waals surface area contributed by atoms with Crippen LogP contribution >= 0.6 is 0 Å². The Morgan fingerprint density at radius 1 is 1.10 bits per heavy atom. The molecule has 0 radical (unpaired) electrons. The van der Waals surface area contributed by atoms with E-state index in [2.05, 4.69) is 0 Å². The number of carbonyl (C=O) groups is 2. The molecular formula is C30H40N2O7. The summed E-state index contributed by atoms with van der Waals surface area (Å²) >= 11 is 0. The number of aliphatic carboxylic acids is 1. The minimum Gasteiger partial charge on any atom is -0.496 e. The Kier molecular flexibility index (Phi) is 10.1. The number of rotatable bonds is 14. The summed E-state index contributed by atoms with van der Waals surface area (Å²) in [5, 5.41) is 11.9. The van der Waals surface area contributed by atoms with Gasteiger partial charge >= 0.3 is 5.97 Å². The molecule has 2 heterocycles. The van der Waals surface area contributed by atoms with E-state index in [1.54, 1.807) is 7.11 Å². The van der Waals surface area contributed by atoms with Gasteiger partial charge in [-0.05, 0) is 61.4 Å². The molecule has 9 heteroatoms. The van der Waals surface area contributed by atoms with Crippen molar-refractivity contribution in [2.75, 3.05) is 40.1 Å². The number of hydrogen-bond acceptors (Lipinski definition) is 7. The van der Waals surface area contributed by atoms with Crippen molar-refractivity contribution >= 4 is 11.9 Å². The number of carboxylic acids is 1. The normalized spacial score (nSPS) is 20.2. The Labute approximate surface area is 230 Å². The Hall–Kier alpha value is -3.30. The molecule has 0 aromatic heterocycles. The molecule has 2 aromatic carbocycles.